The first-order chi connectivity index (χ1) is 13.1. The number of aromatic nitrogens is 2. The second kappa shape index (κ2) is 11.4. The van der Waals surface area contributed by atoms with E-state index in [9.17, 15) is 4.79 Å². The van der Waals surface area contributed by atoms with Crippen molar-refractivity contribution in [3.05, 3.63) is 18.0 Å². The summed E-state index contributed by atoms with van der Waals surface area (Å²) in [5, 5.41) is 4.41. The van der Waals surface area contributed by atoms with Crippen LogP contribution >= 0.6 is 11.3 Å². The SMILES string of the molecule is CCCC[C](CCCC)(CCCC)[Sn][c]1sc2ccnn2c1C(=O)OCC. The van der Waals surface area contributed by atoms with Crippen LogP contribution in [-0.4, -0.2) is 43.3 Å². The molecule has 27 heavy (non-hydrogen) atoms. The van der Waals surface area contributed by atoms with Gasteiger partial charge in [-0.25, -0.2) is 0 Å². The van der Waals surface area contributed by atoms with Crippen molar-refractivity contribution in [1.29, 1.82) is 0 Å². The number of carbonyl (C=O) groups excluding carboxylic acids is 1. The molecule has 0 N–H and O–H groups in total. The molecule has 2 aromatic heterocycles. The maximum absolute atomic E-state index is 12.7. The second-order valence-corrected chi connectivity index (χ2v) is 14.5. The molecule has 4 nitrogen and oxygen atoms in total. The molecule has 2 heterocycles. The van der Waals surface area contributed by atoms with E-state index in [0.29, 0.717) is 10.0 Å². The number of unbranched alkanes of at least 4 members (excludes halogenated alkanes) is 3. The summed E-state index contributed by atoms with van der Waals surface area (Å²) in [7, 11) is 0. The molecule has 0 aromatic carbocycles. The molecule has 0 fully saturated rings. The molecule has 2 rings (SSSR count). The monoisotopic (exact) mass is 498 g/mol. The summed E-state index contributed by atoms with van der Waals surface area (Å²) in [5.41, 5.74) is 0.724. The summed E-state index contributed by atoms with van der Waals surface area (Å²) in [4.78, 5) is 13.8. The molecule has 2 aromatic rings. The summed E-state index contributed by atoms with van der Waals surface area (Å²) in [6.45, 7) is 9.16. The Labute approximate surface area is 178 Å². The normalized spacial score (nSPS) is 12.0. The van der Waals surface area contributed by atoms with E-state index >= 15 is 0 Å². The maximum atomic E-state index is 12.7. The van der Waals surface area contributed by atoms with Gasteiger partial charge in [0.15, 0.2) is 0 Å². The topological polar surface area (TPSA) is 43.6 Å². The number of rotatable bonds is 13. The molecule has 0 spiro atoms. The van der Waals surface area contributed by atoms with Crippen molar-refractivity contribution in [2.24, 2.45) is 0 Å². The van der Waals surface area contributed by atoms with E-state index in [1.54, 1.807) is 17.5 Å². The summed E-state index contributed by atoms with van der Waals surface area (Å²) in [5.74, 6) is -0.196. The van der Waals surface area contributed by atoms with Crippen molar-refractivity contribution in [3.63, 3.8) is 0 Å². The molecule has 6 heteroatoms. The van der Waals surface area contributed by atoms with Crippen molar-refractivity contribution in [3.8, 4) is 0 Å². The molecular formula is C21H34N2O2SSn. The van der Waals surface area contributed by atoms with E-state index in [-0.39, 0.29) is 5.97 Å². The molecule has 0 aliphatic rings. The number of ether oxygens (including phenoxy) is 1. The Morgan fingerprint density at radius 3 is 2.22 bits per heavy atom. The van der Waals surface area contributed by atoms with Crippen LogP contribution in [0.15, 0.2) is 12.3 Å². The molecule has 0 aliphatic heterocycles. The molecule has 2 radical (unpaired) electrons. The number of esters is 1. The molecule has 0 atom stereocenters. The van der Waals surface area contributed by atoms with Crippen molar-refractivity contribution in [1.82, 2.24) is 9.61 Å². The summed E-state index contributed by atoms with van der Waals surface area (Å²) >= 11 is 0.803. The number of carbonyl (C=O) groups is 1. The molecule has 150 valence electrons. The Balaban J connectivity index is 2.40. The Morgan fingerprint density at radius 1 is 1.11 bits per heavy atom. The van der Waals surface area contributed by atoms with Crippen LogP contribution in [0.5, 0.6) is 0 Å². The summed E-state index contributed by atoms with van der Waals surface area (Å²) in [6, 6.07) is 2.02. The van der Waals surface area contributed by atoms with Gasteiger partial charge >= 0.3 is 179 Å². The minimum atomic E-state index is -0.984. The van der Waals surface area contributed by atoms with Gasteiger partial charge in [0.1, 0.15) is 0 Å². The first-order valence-corrected chi connectivity index (χ1v) is 14.2. The fourth-order valence-electron chi connectivity index (χ4n) is 3.60. The number of nitrogens with zero attached hydrogens (tertiary/aromatic N) is 2. The third-order valence-electron chi connectivity index (χ3n) is 5.12. The first-order valence-electron chi connectivity index (χ1n) is 10.5. The van der Waals surface area contributed by atoms with Crippen molar-refractivity contribution in [2.45, 2.75) is 88.9 Å². The van der Waals surface area contributed by atoms with Gasteiger partial charge in [-0.2, -0.15) is 0 Å². The third-order valence-corrected chi connectivity index (χ3v) is 12.6. The van der Waals surface area contributed by atoms with Gasteiger partial charge < -0.3 is 0 Å². The fourth-order valence-corrected chi connectivity index (χ4v) is 12.2. The number of fused-ring (bicyclic) bond motifs is 1. The van der Waals surface area contributed by atoms with E-state index in [0.717, 1.165) is 10.5 Å². The average molecular weight is 497 g/mol. The van der Waals surface area contributed by atoms with E-state index in [1.807, 2.05) is 17.5 Å². The quantitative estimate of drug-likeness (QED) is 0.266. The summed E-state index contributed by atoms with van der Waals surface area (Å²) in [6.07, 6.45) is 13.4. The van der Waals surface area contributed by atoms with Crippen molar-refractivity contribution in [2.75, 3.05) is 6.61 Å². The van der Waals surface area contributed by atoms with Crippen LogP contribution in [0, 0.1) is 0 Å². The Hall–Kier alpha value is -0.561. The zero-order valence-electron chi connectivity index (χ0n) is 17.3. The van der Waals surface area contributed by atoms with Gasteiger partial charge in [-0.3, -0.25) is 0 Å². The van der Waals surface area contributed by atoms with E-state index in [1.165, 1.54) is 60.7 Å². The molecule has 0 bridgehead atoms. The first kappa shape index (κ1) is 22.7. The minimum absolute atomic E-state index is 0.196. The van der Waals surface area contributed by atoms with Gasteiger partial charge in [0, 0.05) is 0 Å². The zero-order chi connectivity index (χ0) is 19.7. The molecule has 0 saturated carbocycles. The standard InChI is InChI=1S/C13H27.C8H7N2O2S.Sn/c1-4-7-10-13(11-8-5-2)12-9-6-3;1-2-12-8(11)6-5-13-7-3-4-9-10(6)7;/h4-12H2,1-3H3;3-4H,2H2,1H3;. The predicted molar refractivity (Wildman–Crippen MR) is 116 cm³/mol. The number of hydrogen-bond acceptors (Lipinski definition) is 4. The van der Waals surface area contributed by atoms with Crippen LogP contribution in [0.1, 0.15) is 96.0 Å². The molecule has 0 saturated heterocycles. The Kier molecular flexibility index (Phi) is 9.63. The van der Waals surface area contributed by atoms with Crippen LogP contribution in [0.3, 0.4) is 0 Å². The molecule has 0 aliphatic carbocycles. The summed E-state index contributed by atoms with van der Waals surface area (Å²) < 4.78 is 9.00. The fraction of sp³-hybridized carbons (Fsp3) is 0.714. The van der Waals surface area contributed by atoms with Crippen molar-refractivity contribution >= 4 is 46.2 Å². The van der Waals surface area contributed by atoms with Crippen LogP contribution in [0.25, 0.3) is 4.83 Å². The van der Waals surface area contributed by atoms with E-state index < -0.39 is 21.1 Å². The van der Waals surface area contributed by atoms with Crippen LogP contribution in [-0.2, 0) is 4.74 Å². The Morgan fingerprint density at radius 2 is 1.70 bits per heavy atom. The van der Waals surface area contributed by atoms with Gasteiger partial charge in [0.05, 0.1) is 0 Å². The number of thiazole rings is 1. The van der Waals surface area contributed by atoms with Gasteiger partial charge in [-0.1, -0.05) is 0 Å². The molecule has 0 amide bonds. The predicted octanol–water partition coefficient (Wildman–Crippen LogP) is 5.63. The Bertz CT molecular complexity index is 688. The molecule has 0 unspecified atom stereocenters. The van der Waals surface area contributed by atoms with E-state index in [2.05, 4.69) is 25.9 Å². The zero-order valence-corrected chi connectivity index (χ0v) is 21.0. The van der Waals surface area contributed by atoms with Gasteiger partial charge in [0.25, 0.3) is 0 Å². The third kappa shape index (κ3) is 5.96. The van der Waals surface area contributed by atoms with Crippen molar-refractivity contribution < 1.29 is 9.53 Å². The van der Waals surface area contributed by atoms with Gasteiger partial charge in [-0.15, -0.1) is 0 Å². The number of hydrogen-bond donors (Lipinski definition) is 0. The van der Waals surface area contributed by atoms with Crippen LogP contribution < -0.4 is 2.89 Å². The van der Waals surface area contributed by atoms with Crippen LogP contribution in [0.2, 0.25) is 3.43 Å². The average Bonchev–Trinajstić information content (AvgIpc) is 3.23. The molecular weight excluding hydrogens is 463 g/mol. The van der Waals surface area contributed by atoms with Gasteiger partial charge in [-0.05, 0) is 0 Å². The van der Waals surface area contributed by atoms with Crippen LogP contribution in [0.4, 0.5) is 0 Å². The second-order valence-electron chi connectivity index (χ2n) is 7.30. The van der Waals surface area contributed by atoms with Gasteiger partial charge in [0.2, 0.25) is 0 Å². The van der Waals surface area contributed by atoms with E-state index in [4.69, 9.17) is 4.74 Å².